The van der Waals surface area contributed by atoms with Crippen LogP contribution in [0.3, 0.4) is 0 Å². The molecule has 2 nitrogen and oxygen atoms in total. The van der Waals surface area contributed by atoms with Crippen LogP contribution in [-0.2, 0) is 6.42 Å². The number of hydrogen-bond acceptors (Lipinski definition) is 2. The summed E-state index contributed by atoms with van der Waals surface area (Å²) in [4.78, 5) is 0. The number of aliphatic hydroxyl groups is 1. The van der Waals surface area contributed by atoms with Gasteiger partial charge in [0.15, 0.2) is 0 Å². The van der Waals surface area contributed by atoms with Crippen LogP contribution in [0.15, 0.2) is 24.3 Å². The molecule has 1 fully saturated rings. The zero-order valence-corrected chi connectivity index (χ0v) is 13.7. The van der Waals surface area contributed by atoms with Crippen molar-refractivity contribution in [2.75, 3.05) is 6.54 Å². The largest absolute Gasteiger partial charge is 0.389 e. The van der Waals surface area contributed by atoms with Crippen molar-refractivity contribution in [1.29, 1.82) is 0 Å². The van der Waals surface area contributed by atoms with Gasteiger partial charge in [-0.15, -0.1) is 0 Å². The summed E-state index contributed by atoms with van der Waals surface area (Å²) in [7, 11) is 0. The molecular weight excluding hydrogens is 258 g/mol. The number of aryl methyl sites for hydroxylation is 1. The summed E-state index contributed by atoms with van der Waals surface area (Å²) in [6.07, 6.45) is 9.19. The minimum Gasteiger partial charge on any atom is -0.389 e. The van der Waals surface area contributed by atoms with E-state index in [1.54, 1.807) is 0 Å². The third-order valence-electron chi connectivity index (χ3n) is 4.82. The Hall–Kier alpha value is -0.860. The third kappa shape index (κ3) is 5.12. The second kappa shape index (κ2) is 7.95. The molecule has 0 aromatic heterocycles. The van der Waals surface area contributed by atoms with Crippen molar-refractivity contribution < 1.29 is 5.11 Å². The normalized spacial score (nSPS) is 19.4. The summed E-state index contributed by atoms with van der Waals surface area (Å²) >= 11 is 0. The van der Waals surface area contributed by atoms with Crippen molar-refractivity contribution in [3.63, 3.8) is 0 Å². The summed E-state index contributed by atoms with van der Waals surface area (Å²) in [5.74, 6) is 0. The molecule has 118 valence electrons. The van der Waals surface area contributed by atoms with E-state index < -0.39 is 5.60 Å². The van der Waals surface area contributed by atoms with Crippen molar-refractivity contribution in [3.8, 4) is 0 Å². The van der Waals surface area contributed by atoms with Crippen molar-refractivity contribution in [1.82, 2.24) is 5.32 Å². The molecule has 2 rings (SSSR count). The van der Waals surface area contributed by atoms with Crippen molar-refractivity contribution >= 4 is 0 Å². The lowest BCUT2D eigenvalue weighted by atomic mass is 9.84. The predicted molar refractivity (Wildman–Crippen MR) is 89.5 cm³/mol. The summed E-state index contributed by atoms with van der Waals surface area (Å²) in [5.41, 5.74) is 2.27. The number of hydrogen-bond donors (Lipinski definition) is 2. The van der Waals surface area contributed by atoms with Crippen molar-refractivity contribution in [3.05, 3.63) is 35.4 Å². The molecule has 1 aliphatic rings. The molecule has 1 atom stereocenters. The highest BCUT2D eigenvalue weighted by Gasteiger charge is 2.29. The van der Waals surface area contributed by atoms with E-state index in [9.17, 15) is 5.11 Å². The maximum atomic E-state index is 10.5. The van der Waals surface area contributed by atoms with Crippen LogP contribution in [0.2, 0.25) is 0 Å². The summed E-state index contributed by atoms with van der Waals surface area (Å²) in [6, 6.07) is 9.26. The quantitative estimate of drug-likeness (QED) is 0.781. The number of rotatable bonds is 7. The van der Waals surface area contributed by atoms with Gasteiger partial charge < -0.3 is 10.4 Å². The van der Waals surface area contributed by atoms with Gasteiger partial charge in [0.2, 0.25) is 0 Å². The standard InChI is InChI=1S/C19H31NO/c1-3-4-8-17-9-11-18(12-10-17)16(2)20-15-19(21)13-6-5-7-14-19/h9-12,16,20-21H,3-8,13-15H2,1-2H3. The van der Waals surface area contributed by atoms with Crippen LogP contribution >= 0.6 is 0 Å². The minimum atomic E-state index is -0.479. The summed E-state index contributed by atoms with van der Waals surface area (Å²) in [5, 5.41) is 14.1. The molecule has 1 aromatic carbocycles. The van der Waals surface area contributed by atoms with Crippen LogP contribution < -0.4 is 5.32 Å². The molecule has 1 aromatic rings. The zero-order chi connectivity index (χ0) is 15.1. The highest BCUT2D eigenvalue weighted by atomic mass is 16.3. The predicted octanol–water partition coefficient (Wildman–Crippen LogP) is 4.38. The Morgan fingerprint density at radius 2 is 1.81 bits per heavy atom. The van der Waals surface area contributed by atoms with Gasteiger partial charge in [0.05, 0.1) is 5.60 Å². The van der Waals surface area contributed by atoms with E-state index in [4.69, 9.17) is 0 Å². The van der Waals surface area contributed by atoms with Gasteiger partial charge in [0.25, 0.3) is 0 Å². The fraction of sp³-hybridized carbons (Fsp3) is 0.684. The van der Waals surface area contributed by atoms with Crippen LogP contribution in [0.5, 0.6) is 0 Å². The Kier molecular flexibility index (Phi) is 6.25. The van der Waals surface area contributed by atoms with Crippen molar-refractivity contribution in [2.24, 2.45) is 0 Å². The van der Waals surface area contributed by atoms with E-state index in [0.717, 1.165) is 12.8 Å². The molecule has 0 aliphatic heterocycles. The third-order valence-corrected chi connectivity index (χ3v) is 4.82. The Labute approximate surface area is 130 Å². The van der Waals surface area contributed by atoms with Crippen molar-refractivity contribution in [2.45, 2.75) is 76.9 Å². The molecule has 21 heavy (non-hydrogen) atoms. The Morgan fingerprint density at radius 1 is 1.14 bits per heavy atom. The molecule has 0 amide bonds. The number of unbranched alkanes of at least 4 members (excludes halogenated alkanes) is 1. The maximum absolute atomic E-state index is 10.5. The van der Waals surface area contributed by atoms with Gasteiger partial charge in [0, 0.05) is 12.6 Å². The molecule has 0 radical (unpaired) electrons. The van der Waals surface area contributed by atoms with Crippen LogP contribution in [0, 0.1) is 0 Å². The van der Waals surface area contributed by atoms with E-state index >= 15 is 0 Å². The molecule has 0 saturated heterocycles. The zero-order valence-electron chi connectivity index (χ0n) is 13.7. The highest BCUT2D eigenvalue weighted by molar-refractivity contribution is 5.24. The fourth-order valence-electron chi connectivity index (χ4n) is 3.20. The molecule has 0 heterocycles. The van der Waals surface area contributed by atoms with E-state index in [1.807, 2.05) is 0 Å². The van der Waals surface area contributed by atoms with Crippen LogP contribution in [0.4, 0.5) is 0 Å². The molecule has 1 aliphatic carbocycles. The lowest BCUT2D eigenvalue weighted by molar-refractivity contribution is 0.00300. The average Bonchev–Trinajstić information content (AvgIpc) is 2.52. The lowest BCUT2D eigenvalue weighted by Gasteiger charge is -2.33. The second-order valence-corrected chi connectivity index (χ2v) is 6.73. The van der Waals surface area contributed by atoms with E-state index in [1.165, 1.54) is 49.7 Å². The summed E-state index contributed by atoms with van der Waals surface area (Å²) in [6.45, 7) is 5.13. The van der Waals surface area contributed by atoms with Gasteiger partial charge in [-0.3, -0.25) is 0 Å². The average molecular weight is 289 g/mol. The van der Waals surface area contributed by atoms with E-state index in [2.05, 4.69) is 43.4 Å². The van der Waals surface area contributed by atoms with Gasteiger partial charge in [-0.25, -0.2) is 0 Å². The van der Waals surface area contributed by atoms with Gasteiger partial charge in [-0.2, -0.15) is 0 Å². The topological polar surface area (TPSA) is 32.3 Å². The van der Waals surface area contributed by atoms with Crippen LogP contribution in [-0.4, -0.2) is 17.3 Å². The molecule has 1 saturated carbocycles. The molecule has 2 N–H and O–H groups in total. The first-order valence-corrected chi connectivity index (χ1v) is 8.67. The Morgan fingerprint density at radius 3 is 2.43 bits per heavy atom. The maximum Gasteiger partial charge on any atom is 0.0771 e. The van der Waals surface area contributed by atoms with Gasteiger partial charge >= 0.3 is 0 Å². The highest BCUT2D eigenvalue weighted by Crippen LogP contribution is 2.28. The molecule has 2 heteroatoms. The van der Waals surface area contributed by atoms with Crippen LogP contribution in [0.25, 0.3) is 0 Å². The smallest absolute Gasteiger partial charge is 0.0771 e. The lowest BCUT2D eigenvalue weighted by Crippen LogP contribution is -2.42. The second-order valence-electron chi connectivity index (χ2n) is 6.73. The SMILES string of the molecule is CCCCc1ccc(C(C)NCC2(O)CCCCC2)cc1. The number of nitrogens with one attached hydrogen (secondary N) is 1. The van der Waals surface area contributed by atoms with Gasteiger partial charge in [-0.1, -0.05) is 56.9 Å². The van der Waals surface area contributed by atoms with E-state index in [0.29, 0.717) is 12.6 Å². The first-order valence-electron chi connectivity index (χ1n) is 8.67. The summed E-state index contributed by atoms with van der Waals surface area (Å²) < 4.78 is 0. The first kappa shape index (κ1) is 16.5. The first-order chi connectivity index (χ1) is 10.1. The molecule has 0 spiro atoms. The van der Waals surface area contributed by atoms with Gasteiger partial charge in [0.1, 0.15) is 0 Å². The van der Waals surface area contributed by atoms with E-state index in [-0.39, 0.29) is 0 Å². The van der Waals surface area contributed by atoms with Crippen LogP contribution in [0.1, 0.15) is 76.0 Å². The Balaban J connectivity index is 1.83. The Bertz CT molecular complexity index is 406. The van der Waals surface area contributed by atoms with Gasteiger partial charge in [-0.05, 0) is 43.7 Å². The monoisotopic (exact) mass is 289 g/mol. The fourth-order valence-corrected chi connectivity index (χ4v) is 3.20. The minimum absolute atomic E-state index is 0.302. The number of benzene rings is 1. The molecular formula is C19H31NO. The molecule has 1 unspecified atom stereocenters. The molecule has 0 bridgehead atoms.